The summed E-state index contributed by atoms with van der Waals surface area (Å²) in [5.41, 5.74) is 18.6. The summed E-state index contributed by atoms with van der Waals surface area (Å²) >= 11 is 0. The van der Waals surface area contributed by atoms with Gasteiger partial charge in [-0.15, -0.1) is 0 Å². The van der Waals surface area contributed by atoms with Crippen LogP contribution in [0.25, 0.3) is 60.9 Å². The molecule has 0 bridgehead atoms. The zero-order chi connectivity index (χ0) is 41.7. The van der Waals surface area contributed by atoms with E-state index in [1.807, 2.05) is 0 Å². The van der Waals surface area contributed by atoms with Gasteiger partial charge in [0.05, 0.1) is 22.1 Å². The summed E-state index contributed by atoms with van der Waals surface area (Å²) in [7, 11) is 0. The Labute approximate surface area is 368 Å². The van der Waals surface area contributed by atoms with E-state index in [9.17, 15) is 0 Å². The Balaban J connectivity index is 1.12. The molecule has 1 aliphatic carbocycles. The van der Waals surface area contributed by atoms with Crippen molar-refractivity contribution in [1.82, 2.24) is 4.57 Å². The molecule has 2 heteroatoms. The van der Waals surface area contributed by atoms with Crippen molar-refractivity contribution in [2.45, 2.75) is 5.41 Å². The Morgan fingerprint density at radius 2 is 0.794 bits per heavy atom. The second kappa shape index (κ2) is 15.1. The fourth-order valence-electron chi connectivity index (χ4n) is 10.3. The van der Waals surface area contributed by atoms with Crippen molar-refractivity contribution in [3.63, 3.8) is 0 Å². The second-order valence-electron chi connectivity index (χ2n) is 16.4. The van der Waals surface area contributed by atoms with Gasteiger partial charge in [-0.1, -0.05) is 206 Å². The average molecular weight is 803 g/mol. The minimum absolute atomic E-state index is 0.523. The van der Waals surface area contributed by atoms with Gasteiger partial charge in [-0.3, -0.25) is 0 Å². The van der Waals surface area contributed by atoms with Gasteiger partial charge in [0.2, 0.25) is 0 Å². The Morgan fingerprint density at radius 1 is 0.302 bits per heavy atom. The largest absolute Gasteiger partial charge is 0.310 e. The molecule has 0 N–H and O–H groups in total. The standard InChI is InChI=1S/C61H42N2/c1-5-19-43(20-6-1)44-33-35-48(36-34-44)62(49-37-39-53-52-28-13-16-30-56(52)61(57(53)41-49,46-23-9-3-10-24-46)47-25-11-4-12-26-47)50-38-40-55-54-29-15-18-32-59(54)63(60(55)42-50)58-31-17-14-27-51(58)45-21-7-2-8-22-45/h1-42H. The fraction of sp³-hybridized carbons (Fsp3) is 0.0164. The first kappa shape index (κ1) is 36.6. The first-order chi connectivity index (χ1) is 31.3. The van der Waals surface area contributed by atoms with Gasteiger partial charge in [-0.2, -0.15) is 0 Å². The molecule has 0 saturated carbocycles. The maximum absolute atomic E-state index is 2.46. The van der Waals surface area contributed by atoms with Crippen molar-refractivity contribution in [3.8, 4) is 39.1 Å². The van der Waals surface area contributed by atoms with Gasteiger partial charge >= 0.3 is 0 Å². The quantitative estimate of drug-likeness (QED) is 0.149. The molecule has 12 rings (SSSR count). The van der Waals surface area contributed by atoms with Crippen molar-refractivity contribution in [2.24, 2.45) is 0 Å². The predicted molar refractivity (Wildman–Crippen MR) is 264 cm³/mol. The van der Waals surface area contributed by atoms with Crippen molar-refractivity contribution in [3.05, 3.63) is 277 Å². The number of para-hydroxylation sites is 2. The molecule has 0 unspecified atom stereocenters. The molecule has 296 valence electrons. The van der Waals surface area contributed by atoms with E-state index in [0.29, 0.717) is 0 Å². The number of hydrogen-bond donors (Lipinski definition) is 0. The van der Waals surface area contributed by atoms with E-state index in [0.717, 1.165) is 28.3 Å². The van der Waals surface area contributed by atoms with E-state index in [4.69, 9.17) is 0 Å². The highest BCUT2D eigenvalue weighted by Gasteiger charge is 2.46. The van der Waals surface area contributed by atoms with Crippen LogP contribution in [0.4, 0.5) is 17.1 Å². The zero-order valence-electron chi connectivity index (χ0n) is 34.6. The molecule has 0 saturated heterocycles. The average Bonchev–Trinajstić information content (AvgIpc) is 3.85. The normalized spacial score (nSPS) is 12.6. The summed E-state index contributed by atoms with van der Waals surface area (Å²) in [6, 6.07) is 93.3. The number of fused-ring (bicyclic) bond motifs is 6. The van der Waals surface area contributed by atoms with Gasteiger partial charge in [-0.25, -0.2) is 0 Å². The summed E-state index contributed by atoms with van der Waals surface area (Å²) in [4.78, 5) is 2.45. The van der Waals surface area contributed by atoms with Crippen LogP contribution in [0.3, 0.4) is 0 Å². The van der Waals surface area contributed by atoms with E-state index in [1.54, 1.807) is 0 Å². The van der Waals surface area contributed by atoms with Crippen molar-refractivity contribution in [2.75, 3.05) is 4.90 Å². The zero-order valence-corrected chi connectivity index (χ0v) is 34.6. The van der Waals surface area contributed by atoms with Crippen LogP contribution in [0.1, 0.15) is 22.3 Å². The summed E-state index contributed by atoms with van der Waals surface area (Å²) in [5, 5.41) is 2.44. The van der Waals surface area contributed by atoms with Gasteiger partial charge < -0.3 is 9.47 Å². The molecular formula is C61H42N2. The molecule has 0 aliphatic heterocycles. The molecule has 0 atom stereocenters. The highest BCUT2D eigenvalue weighted by molar-refractivity contribution is 6.11. The number of aromatic nitrogens is 1. The summed E-state index contributed by atoms with van der Waals surface area (Å²) in [5.74, 6) is 0. The molecule has 1 aromatic heterocycles. The first-order valence-corrected chi connectivity index (χ1v) is 21.8. The molecule has 1 aliphatic rings. The lowest BCUT2D eigenvalue weighted by Gasteiger charge is -2.35. The molecule has 63 heavy (non-hydrogen) atoms. The molecule has 0 amide bonds. The smallest absolute Gasteiger partial charge is 0.0714 e. The topological polar surface area (TPSA) is 8.17 Å². The highest BCUT2D eigenvalue weighted by Crippen LogP contribution is 2.57. The molecule has 2 nitrogen and oxygen atoms in total. The minimum atomic E-state index is -0.523. The van der Waals surface area contributed by atoms with Crippen LogP contribution in [0.15, 0.2) is 255 Å². The summed E-state index contributed by atoms with van der Waals surface area (Å²) in [6.07, 6.45) is 0. The van der Waals surface area contributed by atoms with Crippen LogP contribution in [0.5, 0.6) is 0 Å². The number of hydrogen-bond acceptors (Lipinski definition) is 1. The van der Waals surface area contributed by atoms with Gasteiger partial charge in [0.15, 0.2) is 0 Å². The van der Waals surface area contributed by atoms with E-state index in [1.165, 1.54) is 71.9 Å². The number of nitrogens with zero attached hydrogens (tertiary/aromatic N) is 2. The van der Waals surface area contributed by atoms with E-state index < -0.39 is 5.41 Å². The lowest BCUT2D eigenvalue weighted by Crippen LogP contribution is -2.28. The van der Waals surface area contributed by atoms with Crippen LogP contribution in [-0.2, 0) is 5.41 Å². The molecule has 0 spiro atoms. The van der Waals surface area contributed by atoms with E-state index in [-0.39, 0.29) is 0 Å². The number of benzene rings is 10. The van der Waals surface area contributed by atoms with Gasteiger partial charge in [0, 0.05) is 33.4 Å². The Morgan fingerprint density at radius 3 is 1.51 bits per heavy atom. The summed E-state index contributed by atoms with van der Waals surface area (Å²) < 4.78 is 2.46. The SMILES string of the molecule is c1ccc(-c2ccc(N(c3ccc4c(c3)C(c3ccccc3)(c3ccccc3)c3ccccc3-4)c3ccc4c5ccccc5n(-c5ccccc5-c5ccccc5)c4c3)cc2)cc1. The Hall–Kier alpha value is -8.20. The fourth-order valence-corrected chi connectivity index (χ4v) is 10.3. The molecular weight excluding hydrogens is 761 g/mol. The lowest BCUT2D eigenvalue weighted by molar-refractivity contribution is 0.768. The Kier molecular flexibility index (Phi) is 8.76. The van der Waals surface area contributed by atoms with Gasteiger partial charge in [0.1, 0.15) is 0 Å². The molecule has 10 aromatic carbocycles. The predicted octanol–water partition coefficient (Wildman–Crippen LogP) is 16.0. The Bertz CT molecular complexity index is 3380. The first-order valence-electron chi connectivity index (χ1n) is 21.8. The third-order valence-corrected chi connectivity index (χ3v) is 13.1. The van der Waals surface area contributed by atoms with Crippen LogP contribution in [0.2, 0.25) is 0 Å². The lowest BCUT2D eigenvalue weighted by atomic mass is 9.67. The molecule has 0 radical (unpaired) electrons. The monoisotopic (exact) mass is 802 g/mol. The highest BCUT2D eigenvalue weighted by atomic mass is 15.1. The third kappa shape index (κ3) is 5.87. The number of rotatable bonds is 8. The molecule has 11 aromatic rings. The minimum Gasteiger partial charge on any atom is -0.310 e. The van der Waals surface area contributed by atoms with Crippen LogP contribution < -0.4 is 4.90 Å². The molecule has 1 heterocycles. The van der Waals surface area contributed by atoms with Crippen LogP contribution in [-0.4, -0.2) is 4.57 Å². The second-order valence-corrected chi connectivity index (χ2v) is 16.4. The number of anilines is 3. The summed E-state index contributed by atoms with van der Waals surface area (Å²) in [6.45, 7) is 0. The van der Waals surface area contributed by atoms with Gasteiger partial charge in [-0.05, 0) is 98.6 Å². The van der Waals surface area contributed by atoms with Crippen molar-refractivity contribution < 1.29 is 0 Å². The van der Waals surface area contributed by atoms with E-state index >= 15 is 0 Å². The van der Waals surface area contributed by atoms with Crippen LogP contribution >= 0.6 is 0 Å². The van der Waals surface area contributed by atoms with Gasteiger partial charge in [0.25, 0.3) is 0 Å². The van der Waals surface area contributed by atoms with Crippen LogP contribution in [0, 0.1) is 0 Å². The molecule has 0 fully saturated rings. The van der Waals surface area contributed by atoms with Crippen molar-refractivity contribution in [1.29, 1.82) is 0 Å². The third-order valence-electron chi connectivity index (χ3n) is 13.1. The maximum atomic E-state index is 2.46. The van der Waals surface area contributed by atoms with E-state index in [2.05, 4.69) is 264 Å². The maximum Gasteiger partial charge on any atom is 0.0714 e. The van der Waals surface area contributed by atoms with Crippen molar-refractivity contribution >= 4 is 38.9 Å².